The molecule has 0 saturated carbocycles. The van der Waals surface area contributed by atoms with Crippen molar-refractivity contribution in [3.63, 3.8) is 0 Å². The number of amidine groups is 1. The summed E-state index contributed by atoms with van der Waals surface area (Å²) in [5, 5.41) is 8.87. The first-order valence-electron chi connectivity index (χ1n) is 10.7. The fourth-order valence-corrected chi connectivity index (χ4v) is 4.90. The van der Waals surface area contributed by atoms with Gasteiger partial charge in [0.1, 0.15) is 5.84 Å². The number of piperazine rings is 1. The number of ether oxygens (including phenoxy) is 1. The average Bonchev–Trinajstić information content (AvgIpc) is 2.92. The van der Waals surface area contributed by atoms with Gasteiger partial charge in [0.15, 0.2) is 0 Å². The van der Waals surface area contributed by atoms with E-state index in [0.29, 0.717) is 19.3 Å². The quantitative estimate of drug-likeness (QED) is 0.503. The summed E-state index contributed by atoms with van der Waals surface area (Å²) in [7, 11) is 0. The predicted octanol–water partition coefficient (Wildman–Crippen LogP) is 3.92. The zero-order valence-corrected chi connectivity index (χ0v) is 18.9. The largest absolute Gasteiger partial charge is 0.394 e. The van der Waals surface area contributed by atoms with Gasteiger partial charge in [-0.3, -0.25) is 4.90 Å². The lowest BCUT2D eigenvalue weighted by molar-refractivity contribution is 0.0489. The lowest BCUT2D eigenvalue weighted by atomic mass is 10.1. The first kappa shape index (κ1) is 22.8. The molecule has 6 heteroatoms. The SMILES string of the molecule is C=CC1=C(C/C=C\C)Sc2ccccc2C(N2CCN(CCOCCO)[C@H](C)C2)=N1. The normalized spacial score (nSPS) is 20.3. The molecular formula is C24H33N3O2S. The fourth-order valence-electron chi connectivity index (χ4n) is 3.80. The molecule has 0 unspecified atom stereocenters. The number of allylic oxidation sites excluding steroid dienone is 4. The standard InChI is InChI=1S/C24H33N3O2S/c1-4-6-10-23-21(5-2)25-24(20-9-7-8-11-22(20)30-23)27-13-12-26(19(3)18-27)14-16-29-17-15-28/h4-9,11,19,28H,2,10,12-18H2,1,3H3/b6-4-/t19-/m1/s1. The maximum absolute atomic E-state index is 8.87. The molecule has 0 spiro atoms. The van der Waals surface area contributed by atoms with Crippen LogP contribution in [0.25, 0.3) is 0 Å². The van der Waals surface area contributed by atoms with E-state index in [0.717, 1.165) is 44.1 Å². The Labute approximate surface area is 184 Å². The van der Waals surface area contributed by atoms with Crippen molar-refractivity contribution in [2.24, 2.45) is 4.99 Å². The third-order valence-corrected chi connectivity index (χ3v) is 6.63. The molecule has 0 bridgehead atoms. The molecule has 5 nitrogen and oxygen atoms in total. The summed E-state index contributed by atoms with van der Waals surface area (Å²) < 4.78 is 5.46. The molecule has 1 atom stereocenters. The fraction of sp³-hybridized carbons (Fsp3) is 0.458. The van der Waals surface area contributed by atoms with Crippen molar-refractivity contribution in [3.8, 4) is 0 Å². The number of rotatable bonds is 8. The Bertz CT molecular complexity index is 818. The van der Waals surface area contributed by atoms with Crippen molar-refractivity contribution < 1.29 is 9.84 Å². The molecule has 2 heterocycles. The van der Waals surface area contributed by atoms with E-state index in [1.165, 1.54) is 15.4 Å². The van der Waals surface area contributed by atoms with Gasteiger partial charge in [-0.1, -0.05) is 48.7 Å². The molecule has 30 heavy (non-hydrogen) atoms. The minimum atomic E-state index is 0.0791. The second-order valence-electron chi connectivity index (χ2n) is 7.49. The molecule has 1 aromatic carbocycles. The summed E-state index contributed by atoms with van der Waals surface area (Å²) in [4.78, 5) is 12.5. The van der Waals surface area contributed by atoms with Crippen LogP contribution >= 0.6 is 11.8 Å². The zero-order chi connectivity index (χ0) is 21.3. The van der Waals surface area contributed by atoms with E-state index in [2.05, 4.69) is 59.7 Å². The highest BCUT2D eigenvalue weighted by atomic mass is 32.2. The van der Waals surface area contributed by atoms with E-state index in [4.69, 9.17) is 14.8 Å². The van der Waals surface area contributed by atoms with E-state index in [1.54, 1.807) is 11.8 Å². The van der Waals surface area contributed by atoms with Crippen LogP contribution in [-0.2, 0) is 4.74 Å². The summed E-state index contributed by atoms with van der Waals surface area (Å²) >= 11 is 1.80. The third-order valence-electron chi connectivity index (χ3n) is 5.43. The highest BCUT2D eigenvalue weighted by Gasteiger charge is 2.28. The van der Waals surface area contributed by atoms with Crippen LogP contribution in [0.5, 0.6) is 0 Å². The van der Waals surface area contributed by atoms with Crippen molar-refractivity contribution in [1.29, 1.82) is 0 Å². The van der Waals surface area contributed by atoms with Crippen molar-refractivity contribution in [2.45, 2.75) is 31.2 Å². The van der Waals surface area contributed by atoms with Crippen LogP contribution in [-0.4, -0.2) is 72.8 Å². The number of nitrogens with zero attached hydrogens (tertiary/aromatic N) is 3. The second kappa shape index (κ2) is 11.5. The summed E-state index contributed by atoms with van der Waals surface area (Å²) in [6, 6.07) is 8.97. The molecule has 2 aliphatic rings. The van der Waals surface area contributed by atoms with Crippen molar-refractivity contribution >= 4 is 17.6 Å². The third kappa shape index (κ3) is 5.64. The molecule has 2 aliphatic heterocycles. The molecule has 0 aliphatic carbocycles. The van der Waals surface area contributed by atoms with Crippen LogP contribution in [0.1, 0.15) is 25.8 Å². The number of hydrogen-bond donors (Lipinski definition) is 1. The Morgan fingerprint density at radius 2 is 2.13 bits per heavy atom. The number of aliphatic hydroxyl groups excluding tert-OH is 1. The van der Waals surface area contributed by atoms with E-state index in [9.17, 15) is 0 Å². The minimum Gasteiger partial charge on any atom is -0.394 e. The molecule has 1 N–H and O–H groups in total. The molecule has 0 radical (unpaired) electrons. The maximum Gasteiger partial charge on any atom is 0.137 e. The van der Waals surface area contributed by atoms with E-state index >= 15 is 0 Å². The van der Waals surface area contributed by atoms with Gasteiger partial charge >= 0.3 is 0 Å². The minimum absolute atomic E-state index is 0.0791. The lowest BCUT2D eigenvalue weighted by Gasteiger charge is -2.41. The van der Waals surface area contributed by atoms with Crippen molar-refractivity contribution in [1.82, 2.24) is 9.80 Å². The molecular weight excluding hydrogens is 394 g/mol. The Morgan fingerprint density at radius 3 is 2.87 bits per heavy atom. The van der Waals surface area contributed by atoms with E-state index < -0.39 is 0 Å². The molecule has 1 aromatic rings. The number of thioether (sulfide) groups is 1. The molecule has 0 amide bonds. The van der Waals surface area contributed by atoms with Gasteiger partial charge in [-0.25, -0.2) is 4.99 Å². The van der Waals surface area contributed by atoms with Crippen LogP contribution in [0.2, 0.25) is 0 Å². The van der Waals surface area contributed by atoms with Crippen LogP contribution in [0.3, 0.4) is 0 Å². The van der Waals surface area contributed by atoms with Gasteiger partial charge < -0.3 is 14.7 Å². The Balaban J connectivity index is 1.82. The average molecular weight is 428 g/mol. The number of aliphatic hydroxyl groups is 1. The van der Waals surface area contributed by atoms with Crippen molar-refractivity contribution in [3.05, 3.63) is 65.2 Å². The van der Waals surface area contributed by atoms with Crippen molar-refractivity contribution in [2.75, 3.05) is 46.0 Å². The first-order valence-corrected chi connectivity index (χ1v) is 11.5. The lowest BCUT2D eigenvalue weighted by Crippen LogP contribution is -2.54. The number of benzene rings is 1. The Kier molecular flexibility index (Phi) is 8.75. The van der Waals surface area contributed by atoms with Gasteiger partial charge in [-0.15, -0.1) is 0 Å². The van der Waals surface area contributed by atoms with Gasteiger partial charge in [0.2, 0.25) is 0 Å². The first-order chi connectivity index (χ1) is 14.7. The monoisotopic (exact) mass is 427 g/mol. The molecule has 162 valence electrons. The molecule has 0 aromatic heterocycles. The van der Waals surface area contributed by atoms with Gasteiger partial charge in [0.25, 0.3) is 0 Å². The molecule has 1 fully saturated rings. The van der Waals surface area contributed by atoms with Crippen LogP contribution < -0.4 is 0 Å². The maximum atomic E-state index is 8.87. The van der Waals surface area contributed by atoms with Crippen LogP contribution in [0.15, 0.2) is 69.6 Å². The van der Waals surface area contributed by atoms with Gasteiger partial charge in [-0.2, -0.15) is 0 Å². The molecule has 3 rings (SSSR count). The highest BCUT2D eigenvalue weighted by Crippen LogP contribution is 2.38. The van der Waals surface area contributed by atoms with Crippen LogP contribution in [0, 0.1) is 0 Å². The zero-order valence-electron chi connectivity index (χ0n) is 18.1. The van der Waals surface area contributed by atoms with E-state index in [1.807, 2.05) is 13.0 Å². The summed E-state index contributed by atoms with van der Waals surface area (Å²) in [5.74, 6) is 1.05. The summed E-state index contributed by atoms with van der Waals surface area (Å²) in [6.45, 7) is 13.2. The molecule has 1 saturated heterocycles. The van der Waals surface area contributed by atoms with Gasteiger partial charge in [0.05, 0.1) is 25.5 Å². The number of hydrogen-bond acceptors (Lipinski definition) is 6. The predicted molar refractivity (Wildman–Crippen MR) is 126 cm³/mol. The second-order valence-corrected chi connectivity index (χ2v) is 8.62. The Hall–Kier alpha value is -1.86. The number of aliphatic imine (C=N–C) groups is 1. The topological polar surface area (TPSA) is 48.3 Å². The van der Waals surface area contributed by atoms with Gasteiger partial charge in [0, 0.05) is 47.6 Å². The summed E-state index contributed by atoms with van der Waals surface area (Å²) in [6.07, 6.45) is 7.01. The van der Waals surface area contributed by atoms with Crippen LogP contribution in [0.4, 0.5) is 0 Å². The smallest absolute Gasteiger partial charge is 0.137 e. The highest BCUT2D eigenvalue weighted by molar-refractivity contribution is 8.03. The Morgan fingerprint density at radius 1 is 1.30 bits per heavy atom. The van der Waals surface area contributed by atoms with E-state index in [-0.39, 0.29) is 6.61 Å². The number of fused-ring (bicyclic) bond motifs is 1. The van der Waals surface area contributed by atoms with Gasteiger partial charge in [-0.05, 0) is 32.4 Å². The summed E-state index contributed by atoms with van der Waals surface area (Å²) in [5.41, 5.74) is 2.17.